The normalized spacial score (nSPS) is 16.9. The van der Waals surface area contributed by atoms with Crippen molar-refractivity contribution in [3.8, 4) is 0 Å². The molecule has 1 aliphatic rings. The number of carboxylic acids is 1. The Morgan fingerprint density at radius 3 is 2.94 bits per heavy atom. The van der Waals surface area contributed by atoms with Gasteiger partial charge in [-0.1, -0.05) is 11.8 Å². The van der Waals surface area contributed by atoms with E-state index in [1.54, 1.807) is 4.57 Å². The highest BCUT2D eigenvalue weighted by Gasteiger charge is 2.18. The third kappa shape index (κ3) is 3.55. The van der Waals surface area contributed by atoms with E-state index in [2.05, 4.69) is 10.2 Å². The Morgan fingerprint density at radius 2 is 2.28 bits per heavy atom. The van der Waals surface area contributed by atoms with E-state index in [0.29, 0.717) is 17.6 Å². The van der Waals surface area contributed by atoms with Gasteiger partial charge in [0.2, 0.25) is 0 Å². The first-order chi connectivity index (χ1) is 8.66. The Balaban J connectivity index is 2.03. The van der Waals surface area contributed by atoms with Crippen molar-refractivity contribution in [2.45, 2.75) is 24.5 Å². The number of nitrogens with zero attached hydrogens (tertiary/aromatic N) is 2. The van der Waals surface area contributed by atoms with Crippen molar-refractivity contribution in [2.24, 2.45) is 5.92 Å². The molecule has 8 heteroatoms. The first kappa shape index (κ1) is 13.5. The standard InChI is InChI=1S/C10H15N3O3S2/c14-8(15)6-18-10-12-11-9(16)13(10)5-7-1-3-17-4-2-7/h7H,1-6H2,(H,11,16)(H,14,15). The van der Waals surface area contributed by atoms with E-state index in [1.165, 1.54) is 0 Å². The van der Waals surface area contributed by atoms with Crippen LogP contribution in [0.15, 0.2) is 9.95 Å². The number of carboxylic acid groups (broad SMARTS) is 1. The van der Waals surface area contributed by atoms with E-state index < -0.39 is 5.97 Å². The van der Waals surface area contributed by atoms with Crippen LogP contribution in [-0.2, 0) is 11.3 Å². The van der Waals surface area contributed by atoms with Gasteiger partial charge in [-0.3, -0.25) is 9.36 Å². The molecule has 2 heterocycles. The summed E-state index contributed by atoms with van der Waals surface area (Å²) < 4.78 is 1.56. The average Bonchev–Trinajstić information content (AvgIpc) is 2.70. The van der Waals surface area contributed by atoms with Crippen LogP contribution < -0.4 is 5.69 Å². The molecular formula is C10H15N3O3S2. The molecule has 0 saturated carbocycles. The lowest BCUT2D eigenvalue weighted by Gasteiger charge is -2.21. The van der Waals surface area contributed by atoms with Crippen molar-refractivity contribution in [1.82, 2.24) is 14.8 Å². The molecule has 0 aromatic carbocycles. The quantitative estimate of drug-likeness (QED) is 0.783. The Kier molecular flexibility index (Phi) is 4.76. The number of nitrogens with one attached hydrogen (secondary N) is 1. The van der Waals surface area contributed by atoms with Crippen LogP contribution in [0.25, 0.3) is 0 Å². The summed E-state index contributed by atoms with van der Waals surface area (Å²) in [5.74, 6) is 1.77. The maximum atomic E-state index is 11.6. The molecule has 0 atom stereocenters. The van der Waals surface area contributed by atoms with Crippen molar-refractivity contribution >= 4 is 29.5 Å². The zero-order chi connectivity index (χ0) is 13.0. The van der Waals surface area contributed by atoms with Crippen LogP contribution in [0, 0.1) is 5.92 Å². The number of aromatic nitrogens is 3. The number of aliphatic carboxylic acids is 1. The number of hydrogen-bond acceptors (Lipinski definition) is 5. The van der Waals surface area contributed by atoms with E-state index in [0.717, 1.165) is 36.1 Å². The Morgan fingerprint density at radius 1 is 1.56 bits per heavy atom. The lowest BCUT2D eigenvalue weighted by molar-refractivity contribution is -0.133. The lowest BCUT2D eigenvalue weighted by Crippen LogP contribution is -2.24. The first-order valence-electron chi connectivity index (χ1n) is 5.74. The minimum atomic E-state index is -0.906. The minimum Gasteiger partial charge on any atom is -0.481 e. The molecule has 6 nitrogen and oxygen atoms in total. The molecule has 2 rings (SSSR count). The summed E-state index contributed by atoms with van der Waals surface area (Å²) in [5, 5.41) is 15.4. The fraction of sp³-hybridized carbons (Fsp3) is 0.700. The van der Waals surface area contributed by atoms with E-state index in [9.17, 15) is 9.59 Å². The molecular weight excluding hydrogens is 274 g/mol. The van der Waals surface area contributed by atoms with Crippen molar-refractivity contribution in [3.05, 3.63) is 10.5 Å². The zero-order valence-electron chi connectivity index (χ0n) is 9.79. The van der Waals surface area contributed by atoms with Crippen LogP contribution in [-0.4, -0.2) is 43.1 Å². The Hall–Kier alpha value is -0.890. The van der Waals surface area contributed by atoms with Crippen LogP contribution in [0.2, 0.25) is 0 Å². The number of carbonyl (C=O) groups is 1. The van der Waals surface area contributed by atoms with Gasteiger partial charge >= 0.3 is 11.7 Å². The smallest absolute Gasteiger partial charge is 0.343 e. The highest BCUT2D eigenvalue weighted by atomic mass is 32.2. The molecule has 2 N–H and O–H groups in total. The monoisotopic (exact) mass is 289 g/mol. The van der Waals surface area contributed by atoms with Gasteiger partial charge in [-0.05, 0) is 30.3 Å². The molecule has 0 unspecified atom stereocenters. The summed E-state index contributed by atoms with van der Waals surface area (Å²) >= 11 is 3.02. The Bertz CT molecular complexity index is 465. The van der Waals surface area contributed by atoms with Gasteiger partial charge in [-0.25, -0.2) is 9.89 Å². The third-order valence-corrected chi connectivity index (χ3v) is 4.84. The van der Waals surface area contributed by atoms with Gasteiger partial charge < -0.3 is 5.11 Å². The highest BCUT2D eigenvalue weighted by molar-refractivity contribution is 7.99. The topological polar surface area (TPSA) is 88.0 Å². The van der Waals surface area contributed by atoms with Gasteiger partial charge in [0, 0.05) is 6.54 Å². The van der Waals surface area contributed by atoms with Gasteiger partial charge in [0.05, 0.1) is 5.75 Å². The van der Waals surface area contributed by atoms with Crippen LogP contribution >= 0.6 is 23.5 Å². The summed E-state index contributed by atoms with van der Waals surface area (Å²) in [6, 6.07) is 0. The van der Waals surface area contributed by atoms with Gasteiger partial charge in [0.15, 0.2) is 5.16 Å². The summed E-state index contributed by atoms with van der Waals surface area (Å²) in [6.45, 7) is 0.637. The summed E-state index contributed by atoms with van der Waals surface area (Å²) in [6.07, 6.45) is 2.21. The Labute approximate surface area is 113 Å². The predicted octanol–water partition coefficient (Wildman–Crippen LogP) is 0.891. The van der Waals surface area contributed by atoms with Gasteiger partial charge in [-0.15, -0.1) is 5.10 Å². The number of H-pyrrole nitrogens is 1. The van der Waals surface area contributed by atoms with E-state index in [-0.39, 0.29) is 11.4 Å². The van der Waals surface area contributed by atoms with Crippen LogP contribution in [0.1, 0.15) is 12.8 Å². The molecule has 1 aromatic rings. The summed E-state index contributed by atoms with van der Waals surface area (Å²) in [5.41, 5.74) is -0.249. The second-order valence-corrected chi connectivity index (χ2v) is 6.33. The highest BCUT2D eigenvalue weighted by Crippen LogP contribution is 2.25. The second kappa shape index (κ2) is 6.33. The molecule has 0 spiro atoms. The van der Waals surface area contributed by atoms with Crippen molar-refractivity contribution in [1.29, 1.82) is 0 Å². The first-order valence-corrected chi connectivity index (χ1v) is 7.88. The number of rotatable bonds is 5. The summed E-state index contributed by atoms with van der Waals surface area (Å²) in [7, 11) is 0. The number of thioether (sulfide) groups is 2. The van der Waals surface area contributed by atoms with E-state index in [1.807, 2.05) is 11.8 Å². The van der Waals surface area contributed by atoms with Crippen LogP contribution in [0.4, 0.5) is 0 Å². The average molecular weight is 289 g/mol. The molecule has 1 saturated heterocycles. The van der Waals surface area contributed by atoms with Crippen molar-refractivity contribution in [2.75, 3.05) is 17.3 Å². The molecule has 18 heavy (non-hydrogen) atoms. The second-order valence-electron chi connectivity index (χ2n) is 4.16. The zero-order valence-corrected chi connectivity index (χ0v) is 11.4. The van der Waals surface area contributed by atoms with Gasteiger partial charge in [-0.2, -0.15) is 11.8 Å². The maximum Gasteiger partial charge on any atom is 0.343 e. The minimum absolute atomic E-state index is 0.0786. The van der Waals surface area contributed by atoms with Gasteiger partial charge in [0.1, 0.15) is 0 Å². The van der Waals surface area contributed by atoms with Crippen molar-refractivity contribution in [3.63, 3.8) is 0 Å². The molecule has 1 aromatic heterocycles. The van der Waals surface area contributed by atoms with Crippen LogP contribution in [0.3, 0.4) is 0 Å². The molecule has 0 radical (unpaired) electrons. The van der Waals surface area contributed by atoms with E-state index in [4.69, 9.17) is 5.11 Å². The largest absolute Gasteiger partial charge is 0.481 e. The van der Waals surface area contributed by atoms with Gasteiger partial charge in [0.25, 0.3) is 0 Å². The number of aromatic amines is 1. The summed E-state index contributed by atoms with van der Waals surface area (Å²) in [4.78, 5) is 22.2. The fourth-order valence-electron chi connectivity index (χ4n) is 1.89. The molecule has 1 aliphatic heterocycles. The third-order valence-electron chi connectivity index (χ3n) is 2.83. The SMILES string of the molecule is O=C(O)CSc1n[nH]c(=O)n1CC1CCSCC1. The molecule has 1 fully saturated rings. The molecule has 0 bridgehead atoms. The fourth-order valence-corrected chi connectivity index (χ4v) is 3.77. The lowest BCUT2D eigenvalue weighted by atomic mass is 10.0. The maximum absolute atomic E-state index is 11.6. The van der Waals surface area contributed by atoms with Crippen molar-refractivity contribution < 1.29 is 9.90 Å². The predicted molar refractivity (Wildman–Crippen MR) is 71.3 cm³/mol. The number of hydrogen-bond donors (Lipinski definition) is 2. The molecule has 0 aliphatic carbocycles. The van der Waals surface area contributed by atoms with E-state index >= 15 is 0 Å². The van der Waals surface area contributed by atoms with Crippen LogP contribution in [0.5, 0.6) is 0 Å². The molecule has 100 valence electrons. The molecule has 0 amide bonds.